The molecule has 0 bridgehead atoms. The van der Waals surface area contributed by atoms with Crippen LogP contribution in [0.4, 0.5) is 0 Å². The maximum absolute atomic E-state index is 11.7. The Morgan fingerprint density at radius 2 is 2.33 bits per heavy atom. The Balaban J connectivity index is 1.83. The van der Waals surface area contributed by atoms with Crippen LogP contribution in [-0.2, 0) is 4.79 Å². The van der Waals surface area contributed by atoms with Crippen LogP contribution in [0.15, 0.2) is 0 Å². The molecular weight excluding hydrogens is 208 g/mol. The van der Waals surface area contributed by atoms with Gasteiger partial charge in [0.15, 0.2) is 0 Å². The minimum Gasteiger partial charge on any atom is -0.355 e. The second-order valence-corrected chi connectivity index (χ2v) is 6.05. The molecule has 2 aliphatic rings. The van der Waals surface area contributed by atoms with Crippen LogP contribution < -0.4 is 10.6 Å². The third kappa shape index (κ3) is 3.11. The van der Waals surface area contributed by atoms with Gasteiger partial charge in [0, 0.05) is 23.6 Å². The first-order valence-electron chi connectivity index (χ1n) is 5.91. The molecule has 3 unspecified atom stereocenters. The van der Waals surface area contributed by atoms with E-state index in [4.69, 9.17) is 0 Å². The van der Waals surface area contributed by atoms with E-state index in [0.29, 0.717) is 6.04 Å². The first-order valence-corrected chi connectivity index (χ1v) is 6.96. The van der Waals surface area contributed by atoms with Gasteiger partial charge in [-0.3, -0.25) is 4.79 Å². The van der Waals surface area contributed by atoms with E-state index in [1.807, 2.05) is 11.8 Å². The number of amides is 1. The maximum Gasteiger partial charge on any atom is 0.237 e. The van der Waals surface area contributed by atoms with Gasteiger partial charge in [-0.05, 0) is 25.7 Å². The predicted octanol–water partition coefficient (Wildman–Crippen LogP) is 1.14. The van der Waals surface area contributed by atoms with Gasteiger partial charge in [0.25, 0.3) is 0 Å². The number of carbonyl (C=O) groups excluding carboxylic acids is 1. The summed E-state index contributed by atoms with van der Waals surface area (Å²) >= 11 is 2.01. The fourth-order valence-electron chi connectivity index (χ4n) is 2.32. The number of carbonyl (C=O) groups is 1. The molecule has 0 aromatic heterocycles. The highest BCUT2D eigenvalue weighted by Crippen LogP contribution is 2.26. The minimum atomic E-state index is 0.0587. The molecule has 86 valence electrons. The predicted molar refractivity (Wildman–Crippen MR) is 64.1 cm³/mol. The van der Waals surface area contributed by atoms with Crippen molar-refractivity contribution in [2.45, 2.75) is 49.9 Å². The van der Waals surface area contributed by atoms with Gasteiger partial charge >= 0.3 is 0 Å². The molecule has 3 nitrogen and oxygen atoms in total. The van der Waals surface area contributed by atoms with Gasteiger partial charge in [0.05, 0.1) is 6.04 Å². The van der Waals surface area contributed by atoms with Crippen LogP contribution in [0.25, 0.3) is 0 Å². The Morgan fingerprint density at radius 3 is 3.07 bits per heavy atom. The van der Waals surface area contributed by atoms with Gasteiger partial charge in [0.1, 0.15) is 0 Å². The molecule has 2 rings (SSSR count). The van der Waals surface area contributed by atoms with Crippen LogP contribution in [-0.4, -0.2) is 35.5 Å². The molecule has 0 radical (unpaired) electrons. The smallest absolute Gasteiger partial charge is 0.237 e. The quantitative estimate of drug-likeness (QED) is 0.744. The van der Waals surface area contributed by atoms with Gasteiger partial charge in [0.2, 0.25) is 5.91 Å². The van der Waals surface area contributed by atoms with E-state index >= 15 is 0 Å². The van der Waals surface area contributed by atoms with Crippen molar-refractivity contribution in [2.75, 3.05) is 12.3 Å². The fourth-order valence-corrected chi connectivity index (χ4v) is 3.48. The number of thioether (sulfide) groups is 1. The van der Waals surface area contributed by atoms with E-state index in [9.17, 15) is 4.79 Å². The van der Waals surface area contributed by atoms with Gasteiger partial charge in [-0.2, -0.15) is 11.8 Å². The summed E-state index contributed by atoms with van der Waals surface area (Å²) in [6.07, 6.45) is 4.49. The van der Waals surface area contributed by atoms with Crippen molar-refractivity contribution in [3.05, 3.63) is 0 Å². The first kappa shape index (κ1) is 11.3. The van der Waals surface area contributed by atoms with Gasteiger partial charge in [-0.25, -0.2) is 0 Å². The average molecular weight is 228 g/mol. The number of hydrogen-bond donors (Lipinski definition) is 2. The van der Waals surface area contributed by atoms with Gasteiger partial charge in [-0.15, -0.1) is 0 Å². The molecule has 0 aromatic rings. The molecule has 0 aliphatic carbocycles. The van der Waals surface area contributed by atoms with Crippen LogP contribution in [0, 0.1) is 0 Å². The van der Waals surface area contributed by atoms with Crippen LogP contribution in [0.3, 0.4) is 0 Å². The Bertz CT molecular complexity index is 235. The third-order valence-corrected chi connectivity index (χ3v) is 4.53. The van der Waals surface area contributed by atoms with E-state index < -0.39 is 0 Å². The topological polar surface area (TPSA) is 41.1 Å². The summed E-state index contributed by atoms with van der Waals surface area (Å²) in [6.45, 7) is 3.12. The zero-order chi connectivity index (χ0) is 10.7. The van der Waals surface area contributed by atoms with Gasteiger partial charge in [-0.1, -0.05) is 6.92 Å². The highest BCUT2D eigenvalue weighted by molar-refractivity contribution is 8.00. The summed E-state index contributed by atoms with van der Waals surface area (Å²) in [5.74, 6) is 1.36. The normalized spacial score (nSPS) is 37.4. The van der Waals surface area contributed by atoms with Crippen LogP contribution in [0.2, 0.25) is 0 Å². The molecule has 0 aromatic carbocycles. The average Bonchev–Trinajstić information content (AvgIpc) is 2.50. The summed E-state index contributed by atoms with van der Waals surface area (Å²) < 4.78 is 0. The summed E-state index contributed by atoms with van der Waals surface area (Å²) in [5, 5.41) is 7.22. The van der Waals surface area contributed by atoms with Crippen LogP contribution >= 0.6 is 11.8 Å². The largest absolute Gasteiger partial charge is 0.355 e. The van der Waals surface area contributed by atoms with E-state index in [0.717, 1.165) is 36.8 Å². The first-order chi connectivity index (χ1) is 7.25. The Labute approximate surface area is 95.8 Å². The fraction of sp³-hybridized carbons (Fsp3) is 0.909. The Morgan fingerprint density at radius 1 is 1.47 bits per heavy atom. The Kier molecular flexibility index (Phi) is 3.92. The van der Waals surface area contributed by atoms with Crippen molar-refractivity contribution in [3.8, 4) is 0 Å². The zero-order valence-electron chi connectivity index (χ0n) is 9.29. The molecule has 0 saturated carbocycles. The maximum atomic E-state index is 11.7. The summed E-state index contributed by atoms with van der Waals surface area (Å²) in [5.41, 5.74) is 0. The number of rotatable bonds is 2. The van der Waals surface area contributed by atoms with Crippen molar-refractivity contribution < 1.29 is 4.79 Å². The highest BCUT2D eigenvalue weighted by atomic mass is 32.2. The molecule has 3 atom stereocenters. The minimum absolute atomic E-state index is 0.0587. The lowest BCUT2D eigenvalue weighted by Crippen LogP contribution is -2.47. The highest BCUT2D eigenvalue weighted by Gasteiger charge is 2.27. The van der Waals surface area contributed by atoms with Crippen molar-refractivity contribution in [1.29, 1.82) is 0 Å². The van der Waals surface area contributed by atoms with Crippen LogP contribution in [0.5, 0.6) is 0 Å². The standard InChI is InChI=1S/C11H20N2OS/c1-8-6-9(7-15-8)13-10-4-2-3-5-12-11(10)14/h8-10,13H,2-7H2,1H3,(H,12,14). The number of nitrogens with one attached hydrogen (secondary N) is 2. The molecule has 2 N–H and O–H groups in total. The molecule has 15 heavy (non-hydrogen) atoms. The third-order valence-electron chi connectivity index (χ3n) is 3.17. The molecule has 4 heteroatoms. The van der Waals surface area contributed by atoms with Crippen molar-refractivity contribution >= 4 is 17.7 Å². The number of hydrogen-bond acceptors (Lipinski definition) is 3. The second kappa shape index (κ2) is 5.21. The zero-order valence-corrected chi connectivity index (χ0v) is 10.1. The second-order valence-electron chi connectivity index (χ2n) is 4.58. The lowest BCUT2D eigenvalue weighted by molar-refractivity contribution is -0.123. The molecule has 2 heterocycles. The molecule has 2 fully saturated rings. The summed E-state index contributed by atoms with van der Waals surface area (Å²) in [7, 11) is 0. The van der Waals surface area contributed by atoms with Gasteiger partial charge < -0.3 is 10.6 Å². The molecule has 2 saturated heterocycles. The van der Waals surface area contributed by atoms with Crippen molar-refractivity contribution in [3.63, 3.8) is 0 Å². The van der Waals surface area contributed by atoms with E-state index in [2.05, 4.69) is 17.6 Å². The monoisotopic (exact) mass is 228 g/mol. The summed E-state index contributed by atoms with van der Waals surface area (Å²) in [4.78, 5) is 11.7. The lowest BCUT2D eigenvalue weighted by Gasteiger charge is -2.19. The van der Waals surface area contributed by atoms with E-state index in [-0.39, 0.29) is 11.9 Å². The van der Waals surface area contributed by atoms with Crippen LogP contribution in [0.1, 0.15) is 32.6 Å². The molecular formula is C11H20N2OS. The van der Waals surface area contributed by atoms with Crippen molar-refractivity contribution in [1.82, 2.24) is 10.6 Å². The molecule has 2 aliphatic heterocycles. The molecule has 0 spiro atoms. The van der Waals surface area contributed by atoms with E-state index in [1.54, 1.807) is 0 Å². The molecule has 1 amide bonds. The van der Waals surface area contributed by atoms with E-state index in [1.165, 1.54) is 6.42 Å². The van der Waals surface area contributed by atoms with Crippen molar-refractivity contribution in [2.24, 2.45) is 0 Å². The summed E-state index contributed by atoms with van der Waals surface area (Å²) in [6, 6.07) is 0.599. The Hall–Kier alpha value is -0.220. The SMILES string of the molecule is CC1CC(NC2CCCCNC2=O)CS1. The lowest BCUT2D eigenvalue weighted by atomic mass is 10.1.